The van der Waals surface area contributed by atoms with E-state index in [0.717, 1.165) is 33.4 Å². The molecule has 0 N–H and O–H groups in total. The van der Waals surface area contributed by atoms with Crippen molar-refractivity contribution in [3.8, 4) is 10.6 Å². The Balaban J connectivity index is 2.47. The topological polar surface area (TPSA) is 51.6 Å². The van der Waals surface area contributed by atoms with Crippen molar-refractivity contribution in [3.05, 3.63) is 22.5 Å². The minimum atomic E-state index is -0.109. The molecule has 0 saturated carbocycles. The van der Waals surface area contributed by atoms with Gasteiger partial charge in [-0.3, -0.25) is 0 Å². The van der Waals surface area contributed by atoms with Gasteiger partial charge in [0.05, 0.1) is 16.8 Å². The third-order valence-electron chi connectivity index (χ3n) is 2.34. The van der Waals surface area contributed by atoms with Crippen LogP contribution in [0.3, 0.4) is 0 Å². The average molecular weight is 269 g/mol. The van der Waals surface area contributed by atoms with Crippen molar-refractivity contribution in [2.24, 2.45) is 0 Å². The summed E-state index contributed by atoms with van der Waals surface area (Å²) >= 11 is 7.50. The van der Waals surface area contributed by atoms with Crippen molar-refractivity contribution in [2.45, 2.75) is 32.6 Å². The second-order valence-corrected chi connectivity index (χ2v) is 5.42. The molecule has 0 aliphatic heterocycles. The maximum atomic E-state index is 5.99. The summed E-state index contributed by atoms with van der Waals surface area (Å²) in [5, 5.41) is 18.1. The predicted octanol–water partition coefficient (Wildman–Crippen LogP) is 3.17. The minimum Gasteiger partial charge on any atom is -0.156 e. The highest BCUT2D eigenvalue weighted by Crippen LogP contribution is 2.30. The van der Waals surface area contributed by atoms with Crippen molar-refractivity contribution in [3.63, 3.8) is 0 Å². The minimum absolute atomic E-state index is 0.109. The number of hydrogen-bond acceptors (Lipinski definition) is 5. The normalized spacial score (nSPS) is 12.7. The highest BCUT2D eigenvalue weighted by molar-refractivity contribution is 7.15. The van der Waals surface area contributed by atoms with E-state index in [1.54, 1.807) is 0 Å². The van der Waals surface area contributed by atoms with Crippen LogP contribution in [0.25, 0.3) is 10.6 Å². The number of alkyl halides is 1. The summed E-state index contributed by atoms with van der Waals surface area (Å²) in [6, 6.07) is 2.00. The standard InChI is InChI=1S/C11H13ClN4S/c1-4-9-8(5-6(2)13-14-9)11-16-15-10(17-11)7(3)12/h5,7H,4H2,1-3H3. The molecule has 2 rings (SSSR count). The van der Waals surface area contributed by atoms with Gasteiger partial charge in [-0.05, 0) is 26.3 Å². The second kappa shape index (κ2) is 5.06. The lowest BCUT2D eigenvalue weighted by Gasteiger charge is -2.02. The quantitative estimate of drug-likeness (QED) is 0.803. The molecule has 6 heteroatoms. The molecule has 0 amide bonds. The number of halogens is 1. The average Bonchev–Trinajstić information content (AvgIpc) is 2.78. The lowest BCUT2D eigenvalue weighted by molar-refractivity contribution is 0.892. The summed E-state index contributed by atoms with van der Waals surface area (Å²) in [7, 11) is 0. The molecule has 0 aromatic carbocycles. The van der Waals surface area contributed by atoms with Gasteiger partial charge in [0.15, 0.2) is 0 Å². The monoisotopic (exact) mass is 268 g/mol. The molecule has 1 atom stereocenters. The van der Waals surface area contributed by atoms with E-state index < -0.39 is 0 Å². The Kier molecular flexibility index (Phi) is 3.69. The van der Waals surface area contributed by atoms with Crippen LogP contribution in [0.1, 0.15) is 35.6 Å². The number of rotatable bonds is 3. The first-order chi connectivity index (χ1) is 8.11. The molecule has 90 valence electrons. The molecular weight excluding hydrogens is 256 g/mol. The lowest BCUT2D eigenvalue weighted by atomic mass is 10.1. The summed E-state index contributed by atoms with van der Waals surface area (Å²) in [5.41, 5.74) is 2.84. The first-order valence-electron chi connectivity index (χ1n) is 5.42. The Hall–Kier alpha value is -1.07. The second-order valence-electron chi connectivity index (χ2n) is 3.76. The van der Waals surface area contributed by atoms with Crippen LogP contribution in [0.2, 0.25) is 0 Å². The SMILES string of the molecule is CCc1nnc(C)cc1-c1nnc(C(C)Cl)s1. The van der Waals surface area contributed by atoms with E-state index in [1.807, 2.05) is 19.9 Å². The summed E-state index contributed by atoms with van der Waals surface area (Å²) < 4.78 is 0. The largest absolute Gasteiger partial charge is 0.156 e. The van der Waals surface area contributed by atoms with Gasteiger partial charge in [-0.2, -0.15) is 10.2 Å². The molecule has 0 aliphatic carbocycles. The number of hydrogen-bond donors (Lipinski definition) is 0. The van der Waals surface area contributed by atoms with Crippen molar-refractivity contribution in [1.82, 2.24) is 20.4 Å². The third kappa shape index (κ3) is 2.61. The van der Waals surface area contributed by atoms with Gasteiger partial charge in [0.2, 0.25) is 0 Å². The van der Waals surface area contributed by atoms with E-state index in [9.17, 15) is 0 Å². The smallest absolute Gasteiger partial charge is 0.149 e. The third-order valence-corrected chi connectivity index (χ3v) is 3.81. The molecule has 4 nitrogen and oxygen atoms in total. The van der Waals surface area contributed by atoms with Crippen LogP contribution in [0.4, 0.5) is 0 Å². The van der Waals surface area contributed by atoms with Crippen molar-refractivity contribution in [2.75, 3.05) is 0 Å². The molecule has 2 aromatic heterocycles. The summed E-state index contributed by atoms with van der Waals surface area (Å²) in [6.07, 6.45) is 0.827. The maximum Gasteiger partial charge on any atom is 0.149 e. The molecular formula is C11H13ClN4S. The molecule has 2 heterocycles. The summed E-state index contributed by atoms with van der Waals surface area (Å²) in [6.45, 7) is 5.86. The van der Waals surface area contributed by atoms with Crippen molar-refractivity contribution >= 4 is 22.9 Å². The molecule has 0 radical (unpaired) electrons. The fourth-order valence-corrected chi connectivity index (χ4v) is 2.45. The van der Waals surface area contributed by atoms with Gasteiger partial charge in [0.1, 0.15) is 10.0 Å². The van der Waals surface area contributed by atoms with E-state index >= 15 is 0 Å². The molecule has 1 unspecified atom stereocenters. The Bertz CT molecular complexity index is 524. The lowest BCUT2D eigenvalue weighted by Crippen LogP contribution is -1.97. The number of nitrogens with zero attached hydrogens (tertiary/aromatic N) is 4. The van der Waals surface area contributed by atoms with Crippen LogP contribution in [-0.2, 0) is 6.42 Å². The molecule has 0 saturated heterocycles. The van der Waals surface area contributed by atoms with E-state index in [2.05, 4.69) is 27.3 Å². The van der Waals surface area contributed by atoms with E-state index in [1.165, 1.54) is 11.3 Å². The molecule has 0 aliphatic rings. The van der Waals surface area contributed by atoms with Gasteiger partial charge < -0.3 is 0 Å². The Labute approximate surface area is 109 Å². The van der Waals surface area contributed by atoms with Crippen LogP contribution in [0.15, 0.2) is 6.07 Å². The number of aryl methyl sites for hydroxylation is 2. The molecule has 17 heavy (non-hydrogen) atoms. The predicted molar refractivity (Wildman–Crippen MR) is 69.3 cm³/mol. The molecule has 2 aromatic rings. The molecule has 0 fully saturated rings. The van der Waals surface area contributed by atoms with Crippen LogP contribution >= 0.6 is 22.9 Å². The van der Waals surface area contributed by atoms with E-state index in [4.69, 9.17) is 11.6 Å². The Morgan fingerprint density at radius 1 is 1.29 bits per heavy atom. The van der Waals surface area contributed by atoms with Crippen LogP contribution in [0.5, 0.6) is 0 Å². The highest BCUT2D eigenvalue weighted by atomic mass is 35.5. The first kappa shape index (κ1) is 12.4. The fraction of sp³-hybridized carbons (Fsp3) is 0.455. The Morgan fingerprint density at radius 3 is 2.65 bits per heavy atom. The maximum absolute atomic E-state index is 5.99. The van der Waals surface area contributed by atoms with Gasteiger partial charge in [-0.1, -0.05) is 18.3 Å². The van der Waals surface area contributed by atoms with Gasteiger partial charge in [-0.25, -0.2) is 0 Å². The number of aromatic nitrogens is 4. The zero-order valence-electron chi connectivity index (χ0n) is 9.94. The summed E-state index contributed by atoms with van der Waals surface area (Å²) in [5.74, 6) is 0. The first-order valence-corrected chi connectivity index (χ1v) is 6.68. The zero-order valence-corrected chi connectivity index (χ0v) is 11.5. The van der Waals surface area contributed by atoms with Gasteiger partial charge in [0.25, 0.3) is 0 Å². The van der Waals surface area contributed by atoms with Crippen LogP contribution < -0.4 is 0 Å². The van der Waals surface area contributed by atoms with E-state index in [-0.39, 0.29) is 5.38 Å². The Morgan fingerprint density at radius 2 is 2.06 bits per heavy atom. The summed E-state index contributed by atoms with van der Waals surface area (Å²) in [4.78, 5) is 0. The molecule has 0 spiro atoms. The van der Waals surface area contributed by atoms with Gasteiger partial charge in [0, 0.05) is 5.56 Å². The van der Waals surface area contributed by atoms with Crippen LogP contribution in [0, 0.1) is 6.92 Å². The van der Waals surface area contributed by atoms with Gasteiger partial charge in [-0.15, -0.1) is 21.8 Å². The highest BCUT2D eigenvalue weighted by Gasteiger charge is 2.14. The zero-order chi connectivity index (χ0) is 12.4. The van der Waals surface area contributed by atoms with Crippen molar-refractivity contribution in [1.29, 1.82) is 0 Å². The van der Waals surface area contributed by atoms with Gasteiger partial charge >= 0.3 is 0 Å². The van der Waals surface area contributed by atoms with Crippen LogP contribution in [-0.4, -0.2) is 20.4 Å². The fourth-order valence-electron chi connectivity index (χ4n) is 1.46. The van der Waals surface area contributed by atoms with Crippen molar-refractivity contribution < 1.29 is 0 Å². The molecule has 0 bridgehead atoms. The van der Waals surface area contributed by atoms with E-state index in [0.29, 0.717) is 0 Å².